The molecule has 0 spiro atoms. The van der Waals surface area contributed by atoms with Crippen LogP contribution in [0.2, 0.25) is 0 Å². The van der Waals surface area contributed by atoms with Gasteiger partial charge in [0, 0.05) is 60.2 Å². The molecule has 318 valence electrons. The summed E-state index contributed by atoms with van der Waals surface area (Å²) in [5.74, 6) is -0.952. The molecule has 59 heavy (non-hydrogen) atoms. The minimum absolute atomic E-state index is 0. The monoisotopic (exact) mass is 860 g/mol. The Balaban J connectivity index is 0.00000585. The predicted molar refractivity (Wildman–Crippen MR) is 208 cm³/mol. The Bertz CT molecular complexity index is 2280. The van der Waals surface area contributed by atoms with Gasteiger partial charge in [-0.25, -0.2) is 36.5 Å². The summed E-state index contributed by atoms with van der Waals surface area (Å²) < 4.78 is 63.4. The zero-order chi connectivity index (χ0) is 41.2. The molecule has 2 saturated heterocycles. The van der Waals surface area contributed by atoms with E-state index in [4.69, 9.17) is 14.0 Å². The van der Waals surface area contributed by atoms with Crippen molar-refractivity contribution in [3.63, 3.8) is 0 Å². The smallest absolute Gasteiger partial charge is 0.472 e. The number of hydrogen-bond donors (Lipinski definition) is 3. The summed E-state index contributed by atoms with van der Waals surface area (Å²) >= 11 is 0. The van der Waals surface area contributed by atoms with Gasteiger partial charge in [-0.1, -0.05) is 13.0 Å². The highest BCUT2D eigenvalue weighted by atomic mass is 35.5. The van der Waals surface area contributed by atoms with Crippen molar-refractivity contribution in [1.82, 2.24) is 24.1 Å². The molecule has 5 aromatic rings. The number of ether oxygens (including phenoxy) is 2. The van der Waals surface area contributed by atoms with Crippen LogP contribution in [-0.2, 0) is 26.0 Å². The number of aliphatic hydroxyl groups is 1. The SMILES string of the molecule is CC[C@@H]([C@H](C)O)n1ncn(-c2ccc(N3CCN(c4ccc(OC[C@@H]5CO[C@@](Cn6c[n+](C(C)OP(=O)(O)O)cn6)(c6ccc(F)cc6F)C5)cc4)CC3)cc2)c1=O.[Cl-]. The molecule has 0 radical (unpaired) electrons. The van der Waals surface area contributed by atoms with Crippen molar-refractivity contribution in [3.8, 4) is 11.4 Å². The lowest BCUT2D eigenvalue weighted by atomic mass is 9.87. The largest absolute Gasteiger partial charge is 1.00 e. The van der Waals surface area contributed by atoms with Crippen molar-refractivity contribution in [1.29, 1.82) is 0 Å². The maximum atomic E-state index is 15.3. The van der Waals surface area contributed by atoms with Crippen molar-refractivity contribution < 1.29 is 59.2 Å². The quantitative estimate of drug-likeness (QED) is 0.101. The molecule has 3 aromatic carbocycles. The molecule has 1 unspecified atom stereocenters. The number of aromatic nitrogens is 6. The van der Waals surface area contributed by atoms with Gasteiger partial charge in [0.15, 0.2) is 6.23 Å². The standard InChI is InChI=1S/C39H47F2N8O8P.ClH/c1-4-37(27(2)50)49-38(51)48(25-43-49)33-8-6-31(7-9-33)44-15-17-45(18-16-44)32-10-12-34(13-11-32)55-21-29-20-39(56-22-29,35-14-5-30(40)19-36(35)41)23-47-26-46(24-42-47)28(3)57-58(52,53)54;/h5-14,19,24-29,37,50H,4,15-18,20-23H2,1-3H3,(H-,52,53,54);1H/t27-,28?,29+,37-,39-;/m0./s1. The number of anilines is 2. The van der Waals surface area contributed by atoms with E-state index < -0.39 is 37.4 Å². The Morgan fingerprint density at radius 1 is 0.966 bits per heavy atom. The molecule has 0 aliphatic carbocycles. The Labute approximate surface area is 345 Å². The maximum Gasteiger partial charge on any atom is 0.472 e. The number of halogens is 3. The van der Waals surface area contributed by atoms with E-state index in [1.165, 1.54) is 56.5 Å². The van der Waals surface area contributed by atoms with Crippen LogP contribution in [-0.4, -0.2) is 84.5 Å². The Morgan fingerprint density at radius 2 is 1.59 bits per heavy atom. The van der Waals surface area contributed by atoms with E-state index in [0.717, 1.165) is 43.6 Å². The average molecular weight is 861 g/mol. The minimum atomic E-state index is -4.76. The molecular formula is C39H48ClF2N8O8P. The van der Waals surface area contributed by atoms with E-state index in [9.17, 15) is 28.6 Å². The highest BCUT2D eigenvalue weighted by molar-refractivity contribution is 7.46. The molecule has 2 fully saturated rings. The van der Waals surface area contributed by atoms with Crippen molar-refractivity contribution in [2.45, 2.75) is 64.1 Å². The fourth-order valence-corrected chi connectivity index (χ4v) is 8.29. The van der Waals surface area contributed by atoms with Crippen LogP contribution < -0.4 is 37.2 Å². The molecule has 3 N–H and O–H groups in total. The van der Waals surface area contributed by atoms with Gasteiger partial charge in [-0.2, -0.15) is 5.10 Å². The van der Waals surface area contributed by atoms with Gasteiger partial charge < -0.3 is 46.6 Å². The second-order valence-electron chi connectivity index (χ2n) is 14.8. The lowest BCUT2D eigenvalue weighted by Gasteiger charge is -2.37. The van der Waals surface area contributed by atoms with Crippen molar-refractivity contribution >= 4 is 19.2 Å². The van der Waals surface area contributed by atoms with Gasteiger partial charge in [0.2, 0.25) is 6.33 Å². The number of phosphoric ester groups is 1. The van der Waals surface area contributed by atoms with E-state index in [1.807, 2.05) is 55.5 Å². The van der Waals surface area contributed by atoms with Gasteiger partial charge in [0.25, 0.3) is 6.33 Å². The summed E-state index contributed by atoms with van der Waals surface area (Å²) in [7, 11) is -4.76. The van der Waals surface area contributed by atoms with Crippen LogP contribution in [0.3, 0.4) is 0 Å². The minimum Gasteiger partial charge on any atom is -1.00 e. The zero-order valence-electron chi connectivity index (χ0n) is 32.8. The molecule has 0 saturated carbocycles. The predicted octanol–water partition coefficient (Wildman–Crippen LogP) is 1.10. The van der Waals surface area contributed by atoms with Crippen LogP contribution in [0, 0.1) is 17.6 Å². The van der Waals surface area contributed by atoms with Crippen LogP contribution in [0.1, 0.15) is 51.4 Å². The number of benzene rings is 3. The first kappa shape index (κ1) is 43.9. The highest BCUT2D eigenvalue weighted by Gasteiger charge is 2.46. The first-order valence-corrected chi connectivity index (χ1v) is 20.7. The second kappa shape index (κ2) is 18.3. The van der Waals surface area contributed by atoms with Crippen LogP contribution in [0.5, 0.6) is 5.75 Å². The Morgan fingerprint density at radius 3 is 2.19 bits per heavy atom. The second-order valence-corrected chi connectivity index (χ2v) is 16.0. The molecule has 0 amide bonds. The summed E-state index contributed by atoms with van der Waals surface area (Å²) in [6.07, 6.45) is 3.49. The van der Waals surface area contributed by atoms with Crippen molar-refractivity contribution in [2.24, 2.45) is 5.92 Å². The fourth-order valence-electron chi connectivity index (χ4n) is 7.79. The van der Waals surface area contributed by atoms with Gasteiger partial charge in [-0.3, -0.25) is 0 Å². The fraction of sp³-hybridized carbons (Fsp3) is 0.436. The first-order chi connectivity index (χ1) is 27.7. The van der Waals surface area contributed by atoms with E-state index in [1.54, 1.807) is 6.92 Å². The molecule has 2 aliphatic heterocycles. The number of nitrogens with zero attached hydrogens (tertiary/aromatic N) is 8. The van der Waals surface area contributed by atoms with Gasteiger partial charge in [0.1, 0.15) is 35.9 Å². The maximum absolute atomic E-state index is 15.3. The van der Waals surface area contributed by atoms with E-state index >= 15 is 4.39 Å². The number of rotatable bonds is 15. The number of piperazine rings is 1. The molecule has 7 rings (SSSR count). The third kappa shape index (κ3) is 10.0. The molecule has 2 aliphatic rings. The summed E-state index contributed by atoms with van der Waals surface area (Å²) in [4.78, 5) is 36.0. The van der Waals surface area contributed by atoms with E-state index in [0.29, 0.717) is 24.3 Å². The Hall–Kier alpha value is -4.68. The molecule has 20 heteroatoms. The van der Waals surface area contributed by atoms with Crippen molar-refractivity contribution in [3.05, 3.63) is 113 Å². The number of aliphatic hydroxyl groups excluding tert-OH is 1. The summed E-state index contributed by atoms with van der Waals surface area (Å²) in [6, 6.07) is 18.7. The van der Waals surface area contributed by atoms with Crippen LogP contribution in [0.25, 0.3) is 5.69 Å². The van der Waals surface area contributed by atoms with E-state index in [2.05, 4.69) is 20.0 Å². The van der Waals surface area contributed by atoms with E-state index in [-0.39, 0.29) is 55.4 Å². The molecule has 2 aromatic heterocycles. The van der Waals surface area contributed by atoms with Gasteiger partial charge in [0.05, 0.1) is 31.0 Å². The van der Waals surface area contributed by atoms with Crippen molar-refractivity contribution in [2.75, 3.05) is 49.2 Å². The number of phosphoric acid groups is 1. The van der Waals surface area contributed by atoms with Gasteiger partial charge >= 0.3 is 13.5 Å². The molecule has 4 heterocycles. The first-order valence-electron chi connectivity index (χ1n) is 19.2. The summed E-state index contributed by atoms with van der Waals surface area (Å²) in [5, 5.41) is 18.6. The topological polar surface area (TPSA) is 173 Å². The zero-order valence-corrected chi connectivity index (χ0v) is 34.4. The number of hydrogen-bond acceptors (Lipinski definition) is 10. The summed E-state index contributed by atoms with van der Waals surface area (Å²) in [5.41, 5.74) is 1.48. The van der Waals surface area contributed by atoms with Gasteiger partial charge in [-0.05, 0) is 81.3 Å². The van der Waals surface area contributed by atoms with Crippen LogP contribution in [0.4, 0.5) is 20.2 Å². The Kier molecular flexibility index (Phi) is 13.6. The lowest BCUT2D eigenvalue weighted by molar-refractivity contribution is -0.751. The highest BCUT2D eigenvalue weighted by Crippen LogP contribution is 2.42. The third-order valence-corrected chi connectivity index (χ3v) is 11.4. The average Bonchev–Trinajstić information content (AvgIpc) is 3.93. The third-order valence-electron chi connectivity index (χ3n) is 10.8. The molecule has 16 nitrogen and oxygen atoms in total. The summed E-state index contributed by atoms with van der Waals surface area (Å²) in [6.45, 7) is 8.80. The molecular weight excluding hydrogens is 813 g/mol. The van der Waals surface area contributed by atoms with Gasteiger partial charge in [-0.15, -0.1) is 4.68 Å². The molecule has 0 bridgehead atoms. The van der Waals surface area contributed by atoms with Crippen LogP contribution in [0.15, 0.2) is 90.5 Å². The molecule has 5 atom stereocenters. The lowest BCUT2D eigenvalue weighted by Crippen LogP contribution is -3.00. The van der Waals surface area contributed by atoms with Crippen LogP contribution >= 0.6 is 7.82 Å². The normalized spacial score (nSPS) is 20.0.